The van der Waals surface area contributed by atoms with Crippen molar-refractivity contribution in [3.8, 4) is 0 Å². The second-order valence-electron chi connectivity index (χ2n) is 10.4. The first kappa shape index (κ1) is 21.4. The summed E-state index contributed by atoms with van der Waals surface area (Å²) in [6.45, 7) is 8.11. The van der Waals surface area contributed by atoms with Gasteiger partial charge in [0.15, 0.2) is 0 Å². The molecule has 0 unspecified atom stereocenters. The second kappa shape index (κ2) is 8.33. The lowest BCUT2D eigenvalue weighted by Gasteiger charge is -2.59. The Morgan fingerprint density at radius 3 is 2.07 bits per heavy atom. The molecule has 0 saturated heterocycles. The predicted molar refractivity (Wildman–Crippen MR) is 120 cm³/mol. The summed E-state index contributed by atoms with van der Waals surface area (Å²) in [6.07, 6.45) is 8.24. The van der Waals surface area contributed by atoms with Crippen molar-refractivity contribution in [3.63, 3.8) is 0 Å². The molecule has 5 heteroatoms. The molecule has 1 aromatic carbocycles. The fourth-order valence-corrected chi connectivity index (χ4v) is 6.85. The van der Waals surface area contributed by atoms with E-state index in [1.807, 2.05) is 39.0 Å². The molecule has 5 nitrogen and oxygen atoms in total. The molecule has 2 amide bonds. The number of hydrogen-bond donors (Lipinski definition) is 3. The quantitative estimate of drug-likeness (QED) is 0.636. The number of para-hydroxylation sites is 1. The third-order valence-corrected chi connectivity index (χ3v) is 8.07. The zero-order valence-electron chi connectivity index (χ0n) is 18.9. The Bertz CT molecular complexity index is 763. The van der Waals surface area contributed by atoms with Crippen LogP contribution < -0.4 is 16.0 Å². The van der Waals surface area contributed by atoms with E-state index in [0.717, 1.165) is 34.6 Å². The minimum absolute atomic E-state index is 0.00955. The monoisotopic (exact) mass is 411 g/mol. The van der Waals surface area contributed by atoms with E-state index >= 15 is 0 Å². The van der Waals surface area contributed by atoms with Crippen molar-refractivity contribution < 1.29 is 9.59 Å². The average Bonchev–Trinajstić information content (AvgIpc) is 2.68. The summed E-state index contributed by atoms with van der Waals surface area (Å²) in [7, 11) is 0. The van der Waals surface area contributed by atoms with Crippen LogP contribution in [0.5, 0.6) is 0 Å². The van der Waals surface area contributed by atoms with E-state index in [-0.39, 0.29) is 24.4 Å². The van der Waals surface area contributed by atoms with Crippen LogP contribution in [0.25, 0.3) is 0 Å². The Morgan fingerprint density at radius 1 is 1.00 bits per heavy atom. The van der Waals surface area contributed by atoms with Crippen LogP contribution in [0.2, 0.25) is 0 Å². The highest BCUT2D eigenvalue weighted by Gasteiger charge is 2.53. The molecule has 3 N–H and O–H groups in total. The summed E-state index contributed by atoms with van der Waals surface area (Å²) < 4.78 is 0. The molecule has 4 bridgehead atoms. The maximum absolute atomic E-state index is 12.6. The van der Waals surface area contributed by atoms with E-state index in [2.05, 4.69) is 22.9 Å². The van der Waals surface area contributed by atoms with Crippen LogP contribution in [-0.2, 0) is 9.59 Å². The van der Waals surface area contributed by atoms with Gasteiger partial charge >= 0.3 is 0 Å². The number of amides is 2. The van der Waals surface area contributed by atoms with Gasteiger partial charge in [0.1, 0.15) is 0 Å². The van der Waals surface area contributed by atoms with Gasteiger partial charge in [-0.3, -0.25) is 9.59 Å². The molecular formula is C25H37N3O2. The van der Waals surface area contributed by atoms with Crippen molar-refractivity contribution in [1.29, 1.82) is 0 Å². The van der Waals surface area contributed by atoms with Gasteiger partial charge in [-0.2, -0.15) is 0 Å². The summed E-state index contributed by atoms with van der Waals surface area (Å²) in [5, 5.41) is 9.32. The Labute approximate surface area is 180 Å². The SMILES string of the molecule is Cc1cccc(C)c1NC(=O)CNC(=O)[C@@H](C)N[C@H](C)C12CC3CC(CC(C3)C1)C2. The third-order valence-electron chi connectivity index (χ3n) is 8.07. The third kappa shape index (κ3) is 4.27. The first-order valence-electron chi connectivity index (χ1n) is 11.7. The maximum Gasteiger partial charge on any atom is 0.243 e. The standard InChI is InChI=1S/C25H37N3O2/c1-15-6-5-7-16(2)23(15)28-22(29)14-26-24(30)17(3)27-18(4)25-11-19-8-20(12-25)10-21(9-19)13-25/h5-7,17-21,27H,8-14H2,1-4H3,(H,26,30)(H,28,29)/t17-,18-,19?,20?,21?,25?/m1/s1. The van der Waals surface area contributed by atoms with E-state index in [9.17, 15) is 9.59 Å². The lowest BCUT2D eigenvalue weighted by atomic mass is 9.48. The van der Waals surface area contributed by atoms with Crippen LogP contribution in [0.1, 0.15) is 63.5 Å². The number of carbonyl (C=O) groups is 2. The van der Waals surface area contributed by atoms with E-state index in [1.165, 1.54) is 38.5 Å². The minimum atomic E-state index is -0.305. The molecule has 2 atom stereocenters. The van der Waals surface area contributed by atoms with Gasteiger partial charge in [-0.25, -0.2) is 0 Å². The van der Waals surface area contributed by atoms with Crippen LogP contribution in [0.3, 0.4) is 0 Å². The Morgan fingerprint density at radius 2 is 1.53 bits per heavy atom. The highest BCUT2D eigenvalue weighted by Crippen LogP contribution is 2.61. The number of benzene rings is 1. The molecule has 4 saturated carbocycles. The Hall–Kier alpha value is -1.88. The fraction of sp³-hybridized carbons (Fsp3) is 0.680. The van der Waals surface area contributed by atoms with Crippen molar-refractivity contribution in [2.45, 2.75) is 78.3 Å². The molecule has 4 aliphatic rings. The topological polar surface area (TPSA) is 70.2 Å². The molecule has 1 aromatic rings. The number of aryl methyl sites for hydroxylation is 2. The summed E-state index contributed by atoms with van der Waals surface area (Å²) in [5.74, 6) is 2.40. The van der Waals surface area contributed by atoms with Gasteiger partial charge in [-0.1, -0.05) is 18.2 Å². The van der Waals surface area contributed by atoms with Crippen LogP contribution in [0, 0.1) is 37.0 Å². The smallest absolute Gasteiger partial charge is 0.243 e. The van der Waals surface area contributed by atoms with Crippen LogP contribution in [0.15, 0.2) is 18.2 Å². The molecule has 0 radical (unpaired) electrons. The number of nitrogens with one attached hydrogen (secondary N) is 3. The summed E-state index contributed by atoms with van der Waals surface area (Å²) in [5.41, 5.74) is 3.24. The molecule has 0 heterocycles. The largest absolute Gasteiger partial charge is 0.346 e. The van der Waals surface area contributed by atoms with Crippen molar-refractivity contribution in [1.82, 2.24) is 10.6 Å². The lowest BCUT2D eigenvalue weighted by Crippen LogP contribution is -2.58. The Kier molecular flexibility index (Phi) is 5.93. The van der Waals surface area contributed by atoms with Gasteiger partial charge in [0, 0.05) is 11.7 Å². The van der Waals surface area contributed by atoms with E-state index in [0.29, 0.717) is 11.5 Å². The highest BCUT2D eigenvalue weighted by molar-refractivity contribution is 5.96. The van der Waals surface area contributed by atoms with Gasteiger partial charge < -0.3 is 16.0 Å². The van der Waals surface area contributed by atoms with E-state index in [4.69, 9.17) is 0 Å². The summed E-state index contributed by atoms with van der Waals surface area (Å²) >= 11 is 0. The molecule has 5 rings (SSSR count). The zero-order valence-corrected chi connectivity index (χ0v) is 18.9. The molecule has 4 fully saturated rings. The van der Waals surface area contributed by atoms with Crippen molar-refractivity contribution in [2.24, 2.45) is 23.2 Å². The average molecular weight is 412 g/mol. The lowest BCUT2D eigenvalue weighted by molar-refractivity contribution is -0.126. The normalized spacial score (nSPS) is 31.3. The highest BCUT2D eigenvalue weighted by atomic mass is 16.2. The fourth-order valence-electron chi connectivity index (χ4n) is 6.85. The maximum atomic E-state index is 12.6. The first-order chi connectivity index (χ1) is 14.3. The molecule has 0 spiro atoms. The number of anilines is 1. The molecule has 4 aliphatic carbocycles. The first-order valence-corrected chi connectivity index (χ1v) is 11.7. The van der Waals surface area contributed by atoms with Gasteiger partial charge in [0.05, 0.1) is 12.6 Å². The summed E-state index contributed by atoms with van der Waals surface area (Å²) in [4.78, 5) is 25.0. The van der Waals surface area contributed by atoms with Crippen molar-refractivity contribution >= 4 is 17.5 Å². The number of hydrogen-bond acceptors (Lipinski definition) is 3. The van der Waals surface area contributed by atoms with Crippen molar-refractivity contribution in [2.75, 3.05) is 11.9 Å². The predicted octanol–water partition coefficient (Wildman–Crippen LogP) is 3.94. The van der Waals surface area contributed by atoms with Crippen molar-refractivity contribution in [3.05, 3.63) is 29.3 Å². The molecule has 0 aromatic heterocycles. The molecule has 164 valence electrons. The minimum Gasteiger partial charge on any atom is -0.346 e. The van der Waals surface area contributed by atoms with E-state index < -0.39 is 0 Å². The second-order valence-corrected chi connectivity index (χ2v) is 10.4. The molecular weight excluding hydrogens is 374 g/mol. The van der Waals surface area contributed by atoms with E-state index in [1.54, 1.807) is 0 Å². The zero-order chi connectivity index (χ0) is 21.5. The number of carbonyl (C=O) groups excluding carboxylic acids is 2. The van der Waals surface area contributed by atoms with Gasteiger partial charge in [0.2, 0.25) is 11.8 Å². The van der Waals surface area contributed by atoms with Gasteiger partial charge in [-0.15, -0.1) is 0 Å². The molecule has 0 aliphatic heterocycles. The molecule has 30 heavy (non-hydrogen) atoms. The van der Waals surface area contributed by atoms with Crippen LogP contribution >= 0.6 is 0 Å². The van der Waals surface area contributed by atoms with Gasteiger partial charge in [0.25, 0.3) is 0 Å². The van der Waals surface area contributed by atoms with Crippen LogP contribution in [0.4, 0.5) is 5.69 Å². The van der Waals surface area contributed by atoms with Crippen LogP contribution in [-0.4, -0.2) is 30.4 Å². The number of rotatable bonds is 7. The Balaban J connectivity index is 1.27. The summed E-state index contributed by atoms with van der Waals surface area (Å²) in [6, 6.07) is 5.94. The van der Waals surface area contributed by atoms with Gasteiger partial charge in [-0.05, 0) is 101 Å².